The average molecular weight is 587 g/mol. The van der Waals surface area contributed by atoms with E-state index in [2.05, 4.69) is 30.4 Å². The second kappa shape index (κ2) is 12.5. The first kappa shape index (κ1) is 28.9. The largest absolute Gasteiger partial charge is 0.345 e. The number of carbonyl (C=O) groups excluding carboxylic acids is 1. The zero-order valence-corrected chi connectivity index (χ0v) is 25.0. The highest BCUT2D eigenvalue weighted by atomic mass is 35.5. The fourth-order valence-electron chi connectivity index (χ4n) is 5.43. The smallest absolute Gasteiger partial charge is 0.264 e. The molecule has 0 bridgehead atoms. The minimum Gasteiger partial charge on any atom is -0.345 e. The summed E-state index contributed by atoms with van der Waals surface area (Å²) in [5.74, 6) is -0.152. The van der Waals surface area contributed by atoms with Crippen molar-refractivity contribution in [2.45, 2.75) is 63.4 Å². The number of amides is 1. The molecule has 0 aromatic heterocycles. The number of nitrogens with zero attached hydrogens (tertiary/aromatic N) is 1. The molecule has 0 radical (unpaired) electrons. The van der Waals surface area contributed by atoms with Crippen molar-refractivity contribution < 1.29 is 13.2 Å². The first-order chi connectivity index (χ1) is 19.8. The molecule has 7 heteroatoms. The number of sulfonamides is 1. The summed E-state index contributed by atoms with van der Waals surface area (Å²) in [5.41, 5.74) is 6.54. The van der Waals surface area contributed by atoms with E-state index < -0.39 is 10.0 Å². The number of hydrogen-bond acceptors (Lipinski definition) is 3. The summed E-state index contributed by atoms with van der Waals surface area (Å²) in [4.78, 5) is 13.4. The van der Waals surface area contributed by atoms with Crippen LogP contribution in [0.5, 0.6) is 0 Å². The van der Waals surface area contributed by atoms with Gasteiger partial charge < -0.3 is 5.32 Å². The van der Waals surface area contributed by atoms with Gasteiger partial charge in [-0.1, -0.05) is 73.1 Å². The third-order valence-electron chi connectivity index (χ3n) is 7.80. The fourth-order valence-corrected chi connectivity index (χ4v) is 7.13. The fraction of sp³-hybridized carbons (Fsp3) is 0.265. The van der Waals surface area contributed by atoms with Crippen LogP contribution in [0.2, 0.25) is 5.02 Å². The van der Waals surface area contributed by atoms with E-state index in [0.717, 1.165) is 36.0 Å². The lowest BCUT2D eigenvalue weighted by molar-refractivity contribution is 0.0935. The topological polar surface area (TPSA) is 66.5 Å². The summed E-state index contributed by atoms with van der Waals surface area (Å²) in [5, 5.41) is 3.65. The van der Waals surface area contributed by atoms with E-state index in [0.29, 0.717) is 16.3 Å². The van der Waals surface area contributed by atoms with E-state index in [1.54, 1.807) is 54.6 Å². The molecule has 1 aliphatic rings. The second-order valence-corrected chi connectivity index (χ2v) is 12.9. The Morgan fingerprint density at radius 1 is 0.902 bits per heavy atom. The molecule has 0 saturated carbocycles. The summed E-state index contributed by atoms with van der Waals surface area (Å²) in [6.07, 6.45) is 5.47. The van der Waals surface area contributed by atoms with E-state index in [4.69, 9.17) is 11.6 Å². The van der Waals surface area contributed by atoms with Crippen molar-refractivity contribution in [3.8, 4) is 0 Å². The summed E-state index contributed by atoms with van der Waals surface area (Å²) in [7, 11) is -3.88. The van der Waals surface area contributed by atoms with Gasteiger partial charge in [-0.25, -0.2) is 8.42 Å². The molecule has 1 unspecified atom stereocenters. The van der Waals surface area contributed by atoms with E-state index in [-0.39, 0.29) is 23.4 Å². The zero-order chi connectivity index (χ0) is 29.0. The Morgan fingerprint density at radius 2 is 1.61 bits per heavy atom. The number of benzene rings is 4. The molecular weight excluding hydrogens is 552 g/mol. The van der Waals surface area contributed by atoms with Crippen LogP contribution in [-0.4, -0.2) is 14.3 Å². The molecule has 0 spiro atoms. The van der Waals surface area contributed by atoms with E-state index >= 15 is 0 Å². The van der Waals surface area contributed by atoms with Gasteiger partial charge >= 0.3 is 0 Å². The Bertz CT molecular complexity index is 1640. The van der Waals surface area contributed by atoms with Gasteiger partial charge in [0.1, 0.15) is 0 Å². The van der Waals surface area contributed by atoms with Gasteiger partial charge in [-0.15, -0.1) is 0 Å². The van der Waals surface area contributed by atoms with Gasteiger partial charge in [0.05, 0.1) is 23.2 Å². The van der Waals surface area contributed by atoms with Crippen LogP contribution in [0.4, 0.5) is 5.69 Å². The normalized spacial score (nSPS) is 13.7. The van der Waals surface area contributed by atoms with Gasteiger partial charge in [0, 0.05) is 10.6 Å². The Morgan fingerprint density at radius 3 is 2.32 bits per heavy atom. The number of hydrogen-bond donors (Lipinski definition) is 1. The number of carbonyl (C=O) groups is 1. The Balaban J connectivity index is 1.37. The van der Waals surface area contributed by atoms with Gasteiger partial charge in [0.25, 0.3) is 15.9 Å². The number of rotatable bonds is 9. The van der Waals surface area contributed by atoms with Crippen LogP contribution in [0.15, 0.2) is 95.9 Å². The van der Waals surface area contributed by atoms with Crippen molar-refractivity contribution in [3.05, 3.63) is 129 Å². The molecule has 41 heavy (non-hydrogen) atoms. The highest BCUT2D eigenvalue weighted by Gasteiger charge is 2.27. The number of aryl methyl sites for hydroxylation is 3. The predicted octanol–water partition coefficient (Wildman–Crippen LogP) is 7.80. The molecule has 212 valence electrons. The number of nitrogens with one attached hydrogen (secondary N) is 1. The maximum atomic E-state index is 13.8. The highest BCUT2D eigenvalue weighted by Crippen LogP contribution is 2.31. The highest BCUT2D eigenvalue weighted by molar-refractivity contribution is 7.92. The van der Waals surface area contributed by atoms with Crippen molar-refractivity contribution in [2.24, 2.45) is 0 Å². The number of fused-ring (bicyclic) bond motifs is 1. The second-order valence-electron chi connectivity index (χ2n) is 10.6. The molecule has 4 aromatic carbocycles. The summed E-state index contributed by atoms with van der Waals surface area (Å²) >= 11 is 6.28. The molecule has 0 fully saturated rings. The molecule has 4 aromatic rings. The standard InChI is InChI=1S/C34H35ClN2O3S/c1-3-32(29-19-18-26-9-7-8-10-28(26)21-29)36-34(38)27-16-14-25(15-17-27)23-37(33-22-30(35)20-13-24(33)2)41(39,40)31-11-5-4-6-12-31/h4-6,11-22,32H,3,7-10,23H2,1-2H3,(H,36,38). The van der Waals surface area contributed by atoms with Crippen molar-refractivity contribution in [3.63, 3.8) is 0 Å². The lowest BCUT2D eigenvalue weighted by Gasteiger charge is -2.26. The SMILES string of the molecule is CCC(NC(=O)c1ccc(CN(c2cc(Cl)ccc2C)S(=O)(=O)c2ccccc2)cc1)c1ccc2c(c1)CCCC2. The molecule has 0 aliphatic heterocycles. The minimum absolute atomic E-state index is 0.0771. The van der Waals surface area contributed by atoms with Crippen LogP contribution in [0, 0.1) is 6.92 Å². The number of anilines is 1. The summed E-state index contributed by atoms with van der Waals surface area (Å²) in [6.45, 7) is 4.03. The maximum absolute atomic E-state index is 13.8. The number of halogens is 1. The first-order valence-corrected chi connectivity index (χ1v) is 15.9. The molecule has 1 amide bonds. The molecule has 0 saturated heterocycles. The van der Waals surface area contributed by atoms with E-state index in [1.165, 1.54) is 28.3 Å². The molecule has 0 heterocycles. The lowest BCUT2D eigenvalue weighted by Crippen LogP contribution is -2.31. The molecular formula is C34H35ClN2O3S. The van der Waals surface area contributed by atoms with Crippen LogP contribution >= 0.6 is 11.6 Å². The molecule has 1 aliphatic carbocycles. The van der Waals surface area contributed by atoms with E-state index in [9.17, 15) is 13.2 Å². The first-order valence-electron chi connectivity index (χ1n) is 14.1. The zero-order valence-electron chi connectivity index (χ0n) is 23.4. The molecule has 1 N–H and O–H groups in total. The minimum atomic E-state index is -3.88. The Hall–Kier alpha value is -3.61. The van der Waals surface area contributed by atoms with Crippen LogP contribution in [0.25, 0.3) is 0 Å². The van der Waals surface area contributed by atoms with Crippen molar-refractivity contribution in [1.29, 1.82) is 0 Å². The van der Waals surface area contributed by atoms with Gasteiger partial charge in [0.15, 0.2) is 0 Å². The Labute approximate surface area is 248 Å². The van der Waals surface area contributed by atoms with Gasteiger partial charge in [-0.05, 0) is 103 Å². The third-order valence-corrected chi connectivity index (χ3v) is 9.81. The maximum Gasteiger partial charge on any atom is 0.264 e. The van der Waals surface area contributed by atoms with E-state index in [1.807, 2.05) is 25.1 Å². The van der Waals surface area contributed by atoms with Crippen LogP contribution < -0.4 is 9.62 Å². The monoisotopic (exact) mass is 586 g/mol. The molecule has 1 atom stereocenters. The van der Waals surface area contributed by atoms with Crippen molar-refractivity contribution in [1.82, 2.24) is 5.32 Å². The predicted molar refractivity (Wildman–Crippen MR) is 166 cm³/mol. The van der Waals surface area contributed by atoms with Gasteiger partial charge in [-0.2, -0.15) is 0 Å². The summed E-state index contributed by atoms with van der Waals surface area (Å²) in [6, 6.07) is 27.2. The average Bonchev–Trinajstić information content (AvgIpc) is 3.00. The third kappa shape index (κ3) is 6.50. The van der Waals surface area contributed by atoms with Crippen LogP contribution in [0.1, 0.15) is 70.4 Å². The van der Waals surface area contributed by atoms with Crippen LogP contribution in [0.3, 0.4) is 0 Å². The lowest BCUT2D eigenvalue weighted by atomic mass is 9.88. The van der Waals surface area contributed by atoms with Crippen molar-refractivity contribution >= 4 is 33.2 Å². The van der Waals surface area contributed by atoms with Crippen LogP contribution in [-0.2, 0) is 29.4 Å². The van der Waals surface area contributed by atoms with Crippen molar-refractivity contribution in [2.75, 3.05) is 4.31 Å². The summed E-state index contributed by atoms with van der Waals surface area (Å²) < 4.78 is 28.9. The molecule has 5 rings (SSSR count). The quantitative estimate of drug-likeness (QED) is 0.217. The Kier molecular flexibility index (Phi) is 8.81. The van der Waals surface area contributed by atoms with Gasteiger partial charge in [-0.3, -0.25) is 9.10 Å². The molecule has 5 nitrogen and oxygen atoms in total. The van der Waals surface area contributed by atoms with Gasteiger partial charge in [0.2, 0.25) is 0 Å².